The van der Waals surface area contributed by atoms with E-state index in [0.717, 1.165) is 19.4 Å². The third-order valence-electron chi connectivity index (χ3n) is 3.35. The Labute approximate surface area is 127 Å². The number of anilines is 1. The first kappa shape index (κ1) is 13.9. The van der Waals surface area contributed by atoms with Crippen LogP contribution in [-0.2, 0) is 4.74 Å². The summed E-state index contributed by atoms with van der Waals surface area (Å²) in [7, 11) is 0. The second kappa shape index (κ2) is 6.17. The van der Waals surface area contributed by atoms with Crippen molar-refractivity contribution in [3.8, 4) is 17.5 Å². The van der Waals surface area contributed by atoms with Crippen molar-refractivity contribution in [3.63, 3.8) is 0 Å². The van der Waals surface area contributed by atoms with Gasteiger partial charge in [0, 0.05) is 13.2 Å². The summed E-state index contributed by atoms with van der Waals surface area (Å²) in [5, 5.41) is 12.8. The minimum Gasteiger partial charge on any atom is -0.419 e. The van der Waals surface area contributed by atoms with Crippen molar-refractivity contribution in [1.82, 2.24) is 4.98 Å². The number of hydrogen-bond donors (Lipinski definition) is 1. The number of benzene rings is 1. The maximum absolute atomic E-state index is 9.16. The van der Waals surface area contributed by atoms with E-state index in [-0.39, 0.29) is 11.8 Å². The Morgan fingerprint density at radius 2 is 2.29 bits per heavy atom. The molecule has 108 valence electrons. The summed E-state index contributed by atoms with van der Waals surface area (Å²) in [5.41, 5.74) is 0.892. The fraction of sp³-hybridized carbons (Fsp3) is 0.333. The molecule has 0 spiro atoms. The second-order valence-electron chi connectivity index (χ2n) is 4.80. The molecular weight excluding hydrogens is 290 g/mol. The van der Waals surface area contributed by atoms with Gasteiger partial charge in [-0.25, -0.2) is 0 Å². The van der Waals surface area contributed by atoms with Gasteiger partial charge in [-0.2, -0.15) is 10.2 Å². The van der Waals surface area contributed by atoms with Crippen molar-refractivity contribution in [1.29, 1.82) is 5.26 Å². The summed E-state index contributed by atoms with van der Waals surface area (Å²) in [6, 6.07) is 9.26. The van der Waals surface area contributed by atoms with Gasteiger partial charge < -0.3 is 14.5 Å². The third-order valence-corrected chi connectivity index (χ3v) is 3.68. The summed E-state index contributed by atoms with van der Waals surface area (Å²) < 4.78 is 11.2. The van der Waals surface area contributed by atoms with Crippen molar-refractivity contribution < 1.29 is 9.15 Å². The molecule has 0 radical (unpaired) electrons. The zero-order valence-electron chi connectivity index (χ0n) is 11.3. The van der Waals surface area contributed by atoms with Crippen LogP contribution in [0.5, 0.6) is 0 Å². The molecular formula is C15H14ClN3O2. The Hall–Kier alpha value is -2.03. The van der Waals surface area contributed by atoms with Gasteiger partial charge in [-0.15, -0.1) is 0 Å². The molecule has 0 amide bonds. The highest BCUT2D eigenvalue weighted by molar-refractivity contribution is 6.33. The highest BCUT2D eigenvalue weighted by Crippen LogP contribution is 2.30. The van der Waals surface area contributed by atoms with Crippen LogP contribution in [0.15, 0.2) is 28.7 Å². The van der Waals surface area contributed by atoms with Crippen molar-refractivity contribution in [2.24, 2.45) is 0 Å². The molecule has 1 N–H and O–H groups in total. The average Bonchev–Trinajstić information content (AvgIpc) is 3.14. The number of rotatable bonds is 4. The SMILES string of the molecule is N#Cc1nc(-c2ccccc2Cl)oc1NC[C@H]1CCCO1. The van der Waals surface area contributed by atoms with Crippen LogP contribution in [0, 0.1) is 11.3 Å². The van der Waals surface area contributed by atoms with Gasteiger partial charge in [-0.05, 0) is 25.0 Å². The first-order chi connectivity index (χ1) is 10.3. The van der Waals surface area contributed by atoms with Crippen molar-refractivity contribution >= 4 is 17.5 Å². The van der Waals surface area contributed by atoms with Gasteiger partial charge in [0.15, 0.2) is 0 Å². The number of nitriles is 1. The van der Waals surface area contributed by atoms with Crippen molar-refractivity contribution in [2.45, 2.75) is 18.9 Å². The number of halogens is 1. The Bertz CT molecular complexity index is 672. The molecule has 1 aromatic carbocycles. The quantitative estimate of drug-likeness (QED) is 0.936. The molecule has 2 aromatic rings. The minimum absolute atomic E-state index is 0.158. The number of nitrogens with zero attached hydrogens (tertiary/aromatic N) is 2. The van der Waals surface area contributed by atoms with Gasteiger partial charge in [0.05, 0.1) is 16.7 Å². The lowest BCUT2D eigenvalue weighted by atomic mass is 10.2. The molecule has 1 aromatic heterocycles. The van der Waals surface area contributed by atoms with Gasteiger partial charge >= 0.3 is 0 Å². The van der Waals surface area contributed by atoms with E-state index in [4.69, 9.17) is 26.0 Å². The van der Waals surface area contributed by atoms with Gasteiger partial charge in [0.25, 0.3) is 0 Å². The van der Waals surface area contributed by atoms with Crippen molar-refractivity contribution in [2.75, 3.05) is 18.5 Å². The maximum Gasteiger partial charge on any atom is 0.232 e. The molecule has 2 heterocycles. The summed E-state index contributed by atoms with van der Waals surface area (Å²) in [5.74, 6) is 0.704. The highest BCUT2D eigenvalue weighted by atomic mass is 35.5. The first-order valence-electron chi connectivity index (χ1n) is 6.79. The van der Waals surface area contributed by atoms with Crippen LogP contribution in [0.1, 0.15) is 18.5 Å². The fourth-order valence-corrected chi connectivity index (χ4v) is 2.49. The standard InChI is InChI=1S/C15H14ClN3O2/c16-12-6-2-1-5-11(12)14-19-13(8-17)15(21-14)18-9-10-4-3-7-20-10/h1-2,5-6,10,18H,3-4,7,9H2/t10-/m1/s1. The van der Waals surface area contributed by atoms with E-state index in [2.05, 4.69) is 10.3 Å². The normalized spacial score (nSPS) is 17.6. The van der Waals surface area contributed by atoms with Gasteiger partial charge in [-0.1, -0.05) is 23.7 Å². The number of hydrogen-bond acceptors (Lipinski definition) is 5. The van der Waals surface area contributed by atoms with E-state index < -0.39 is 0 Å². The second-order valence-corrected chi connectivity index (χ2v) is 5.21. The number of ether oxygens (including phenoxy) is 1. The Balaban J connectivity index is 1.81. The Morgan fingerprint density at radius 1 is 1.43 bits per heavy atom. The molecule has 5 nitrogen and oxygen atoms in total. The van der Waals surface area contributed by atoms with Crippen LogP contribution >= 0.6 is 11.6 Å². The molecule has 1 fully saturated rings. The number of aromatic nitrogens is 1. The van der Waals surface area contributed by atoms with E-state index in [9.17, 15) is 0 Å². The smallest absolute Gasteiger partial charge is 0.232 e. The molecule has 1 saturated heterocycles. The lowest BCUT2D eigenvalue weighted by molar-refractivity contribution is 0.120. The lowest BCUT2D eigenvalue weighted by Crippen LogP contribution is -2.18. The van der Waals surface area contributed by atoms with Gasteiger partial charge in [0.2, 0.25) is 17.5 Å². The predicted molar refractivity (Wildman–Crippen MR) is 79.1 cm³/mol. The van der Waals surface area contributed by atoms with E-state index in [1.807, 2.05) is 18.2 Å². The topological polar surface area (TPSA) is 71.1 Å². The van der Waals surface area contributed by atoms with E-state index in [1.165, 1.54) is 0 Å². The summed E-state index contributed by atoms with van der Waals surface area (Å²) in [4.78, 5) is 4.19. The number of oxazole rings is 1. The minimum atomic E-state index is 0.158. The molecule has 1 atom stereocenters. The molecule has 3 rings (SSSR count). The molecule has 1 aliphatic rings. The summed E-state index contributed by atoms with van der Waals surface area (Å²) in [6.45, 7) is 1.39. The zero-order valence-corrected chi connectivity index (χ0v) is 12.1. The zero-order chi connectivity index (χ0) is 14.7. The predicted octanol–water partition coefficient (Wildman–Crippen LogP) is 3.46. The first-order valence-corrected chi connectivity index (χ1v) is 7.17. The maximum atomic E-state index is 9.16. The summed E-state index contributed by atoms with van der Waals surface area (Å²) >= 11 is 6.12. The van der Waals surface area contributed by atoms with Crippen LogP contribution in [0.4, 0.5) is 5.88 Å². The molecule has 0 bridgehead atoms. The third kappa shape index (κ3) is 3.02. The molecule has 1 aliphatic heterocycles. The molecule has 6 heteroatoms. The molecule has 21 heavy (non-hydrogen) atoms. The number of nitrogens with one attached hydrogen (secondary N) is 1. The highest BCUT2D eigenvalue weighted by Gasteiger charge is 2.19. The molecule has 0 saturated carbocycles. The van der Waals surface area contributed by atoms with Crippen LogP contribution in [0.25, 0.3) is 11.5 Å². The average molecular weight is 304 g/mol. The molecule has 0 unspecified atom stereocenters. The van der Waals surface area contributed by atoms with Crippen molar-refractivity contribution in [3.05, 3.63) is 35.0 Å². The lowest BCUT2D eigenvalue weighted by Gasteiger charge is -2.09. The van der Waals surface area contributed by atoms with E-state index in [1.54, 1.807) is 12.1 Å². The van der Waals surface area contributed by atoms with Crippen LogP contribution < -0.4 is 5.32 Å². The monoisotopic (exact) mass is 303 g/mol. The molecule has 0 aliphatic carbocycles. The van der Waals surface area contributed by atoms with Gasteiger partial charge in [0.1, 0.15) is 6.07 Å². The van der Waals surface area contributed by atoms with E-state index in [0.29, 0.717) is 28.9 Å². The van der Waals surface area contributed by atoms with E-state index >= 15 is 0 Å². The Kier molecular flexibility index (Phi) is 4.09. The van der Waals surface area contributed by atoms with Crippen LogP contribution in [-0.4, -0.2) is 24.2 Å². The van der Waals surface area contributed by atoms with Gasteiger partial charge in [-0.3, -0.25) is 0 Å². The Morgan fingerprint density at radius 3 is 3.00 bits per heavy atom. The van der Waals surface area contributed by atoms with Crippen LogP contribution in [0.2, 0.25) is 5.02 Å². The summed E-state index contributed by atoms with van der Waals surface area (Å²) in [6.07, 6.45) is 2.24. The largest absolute Gasteiger partial charge is 0.419 e. The fourth-order valence-electron chi connectivity index (χ4n) is 2.28. The van der Waals surface area contributed by atoms with Crippen LogP contribution in [0.3, 0.4) is 0 Å².